The number of ether oxygens (including phenoxy) is 3. The molecule has 0 amide bonds. The molecule has 2 aromatic rings. The molecule has 0 fully saturated rings. The molecule has 0 radical (unpaired) electrons. The zero-order valence-electron chi connectivity index (χ0n) is 11.8. The third-order valence-corrected chi connectivity index (χ3v) is 2.84. The molecule has 0 spiro atoms. The van der Waals surface area contributed by atoms with Gasteiger partial charge in [-0.3, -0.25) is 0 Å². The number of para-hydroxylation sites is 1. The second kappa shape index (κ2) is 7.40. The highest BCUT2D eigenvalue weighted by Gasteiger charge is 2.10. The summed E-state index contributed by atoms with van der Waals surface area (Å²) in [5, 5.41) is 0. The van der Waals surface area contributed by atoms with Gasteiger partial charge in [-0.25, -0.2) is 4.79 Å². The van der Waals surface area contributed by atoms with Crippen molar-refractivity contribution in [1.29, 1.82) is 0 Å². The van der Waals surface area contributed by atoms with Crippen LogP contribution < -0.4 is 9.47 Å². The highest BCUT2D eigenvalue weighted by atomic mass is 19.3. The third-order valence-electron chi connectivity index (χ3n) is 2.84. The van der Waals surface area contributed by atoms with Crippen molar-refractivity contribution in [2.75, 3.05) is 7.11 Å². The first-order valence-electron chi connectivity index (χ1n) is 6.44. The molecular weight excluding hydrogens is 294 g/mol. The molecule has 0 saturated heterocycles. The van der Waals surface area contributed by atoms with E-state index in [1.54, 1.807) is 36.4 Å². The molecular formula is C16H14F2O4. The van der Waals surface area contributed by atoms with E-state index in [1.165, 1.54) is 19.2 Å². The molecule has 0 bridgehead atoms. The van der Waals surface area contributed by atoms with Crippen LogP contribution in [0.4, 0.5) is 8.78 Å². The quantitative estimate of drug-likeness (QED) is 0.764. The van der Waals surface area contributed by atoms with Crippen LogP contribution in [0.1, 0.15) is 15.9 Å². The molecule has 0 unspecified atom stereocenters. The number of halogens is 2. The molecule has 116 valence electrons. The minimum Gasteiger partial charge on any atom is -0.489 e. The molecule has 0 aliphatic carbocycles. The summed E-state index contributed by atoms with van der Waals surface area (Å²) in [6.45, 7) is -2.86. The second-order valence-electron chi connectivity index (χ2n) is 4.29. The molecule has 0 aliphatic rings. The first kappa shape index (κ1) is 15.8. The minimum atomic E-state index is -2.90. The molecule has 0 atom stereocenters. The van der Waals surface area contributed by atoms with Crippen molar-refractivity contribution in [2.24, 2.45) is 0 Å². The largest absolute Gasteiger partial charge is 0.489 e. The molecule has 4 nitrogen and oxygen atoms in total. The summed E-state index contributed by atoms with van der Waals surface area (Å²) < 4.78 is 39.2. The number of hydrogen-bond acceptors (Lipinski definition) is 4. The van der Waals surface area contributed by atoms with Gasteiger partial charge in [-0.15, -0.1) is 0 Å². The van der Waals surface area contributed by atoms with Crippen LogP contribution in [-0.4, -0.2) is 19.7 Å². The molecule has 22 heavy (non-hydrogen) atoms. The van der Waals surface area contributed by atoms with Crippen molar-refractivity contribution in [3.8, 4) is 11.5 Å². The van der Waals surface area contributed by atoms with Crippen LogP contribution >= 0.6 is 0 Å². The molecule has 2 rings (SSSR count). The van der Waals surface area contributed by atoms with Crippen LogP contribution in [0.2, 0.25) is 0 Å². The van der Waals surface area contributed by atoms with Gasteiger partial charge in [-0.2, -0.15) is 8.78 Å². The van der Waals surface area contributed by atoms with E-state index < -0.39 is 12.6 Å². The normalized spacial score (nSPS) is 10.4. The van der Waals surface area contributed by atoms with Crippen molar-refractivity contribution < 1.29 is 27.8 Å². The molecule has 0 heterocycles. The van der Waals surface area contributed by atoms with Crippen LogP contribution in [0, 0.1) is 0 Å². The van der Waals surface area contributed by atoms with Gasteiger partial charge in [0, 0.05) is 5.56 Å². The third kappa shape index (κ3) is 4.18. The van der Waals surface area contributed by atoms with Crippen LogP contribution in [-0.2, 0) is 11.3 Å². The molecule has 0 aliphatic heterocycles. The fourth-order valence-electron chi connectivity index (χ4n) is 1.83. The standard InChI is InChI=1S/C16H14F2O4/c1-20-15(19)11-6-4-7-13(9-11)21-10-12-5-2-3-8-14(12)22-16(17)18/h2-9,16H,10H2,1H3. The van der Waals surface area contributed by atoms with Gasteiger partial charge in [-0.05, 0) is 24.3 Å². The van der Waals surface area contributed by atoms with Gasteiger partial charge in [0.25, 0.3) is 0 Å². The average molecular weight is 308 g/mol. The maximum atomic E-state index is 12.3. The Bertz CT molecular complexity index is 644. The number of carbonyl (C=O) groups excluding carboxylic acids is 1. The van der Waals surface area contributed by atoms with Gasteiger partial charge in [0.05, 0.1) is 12.7 Å². The number of methoxy groups -OCH3 is 1. The molecule has 0 N–H and O–H groups in total. The summed E-state index contributed by atoms with van der Waals surface area (Å²) in [6, 6.07) is 12.8. The lowest BCUT2D eigenvalue weighted by Crippen LogP contribution is -2.06. The smallest absolute Gasteiger partial charge is 0.387 e. The van der Waals surface area contributed by atoms with Crippen LogP contribution in [0.15, 0.2) is 48.5 Å². The van der Waals surface area contributed by atoms with Crippen LogP contribution in [0.3, 0.4) is 0 Å². The van der Waals surface area contributed by atoms with E-state index in [-0.39, 0.29) is 12.4 Å². The minimum absolute atomic E-state index is 0.0352. The summed E-state index contributed by atoms with van der Waals surface area (Å²) in [5.74, 6) is 0.00302. The fourth-order valence-corrected chi connectivity index (χ4v) is 1.83. The van der Waals surface area contributed by atoms with E-state index in [4.69, 9.17) is 4.74 Å². The Labute approximate surface area is 126 Å². The monoisotopic (exact) mass is 308 g/mol. The lowest BCUT2D eigenvalue weighted by Gasteiger charge is -2.12. The first-order chi connectivity index (χ1) is 10.6. The predicted octanol–water partition coefficient (Wildman–Crippen LogP) is 3.65. The maximum Gasteiger partial charge on any atom is 0.387 e. The van der Waals surface area contributed by atoms with Gasteiger partial charge in [0.15, 0.2) is 0 Å². The Hall–Kier alpha value is -2.63. The SMILES string of the molecule is COC(=O)c1cccc(OCc2ccccc2OC(F)F)c1. The maximum absolute atomic E-state index is 12.3. The molecule has 6 heteroatoms. The van der Waals surface area contributed by atoms with E-state index in [1.807, 2.05) is 0 Å². The van der Waals surface area contributed by atoms with Crippen molar-refractivity contribution >= 4 is 5.97 Å². The zero-order valence-corrected chi connectivity index (χ0v) is 11.8. The lowest BCUT2D eigenvalue weighted by molar-refractivity contribution is -0.0508. The summed E-state index contributed by atoms with van der Waals surface area (Å²) >= 11 is 0. The lowest BCUT2D eigenvalue weighted by atomic mass is 10.2. The fraction of sp³-hybridized carbons (Fsp3) is 0.188. The van der Waals surface area contributed by atoms with Crippen molar-refractivity contribution in [2.45, 2.75) is 13.2 Å². The number of alkyl halides is 2. The highest BCUT2D eigenvalue weighted by molar-refractivity contribution is 5.89. The number of esters is 1. The van der Waals surface area contributed by atoms with Crippen molar-refractivity contribution in [3.63, 3.8) is 0 Å². The molecule has 2 aromatic carbocycles. The predicted molar refractivity (Wildman–Crippen MR) is 75.2 cm³/mol. The Morgan fingerprint density at radius 3 is 2.64 bits per heavy atom. The summed E-state index contributed by atoms with van der Waals surface area (Å²) in [6.07, 6.45) is 0. The van der Waals surface area contributed by atoms with Gasteiger partial charge in [-0.1, -0.05) is 24.3 Å². The van der Waals surface area contributed by atoms with E-state index in [0.717, 1.165) is 0 Å². The van der Waals surface area contributed by atoms with Gasteiger partial charge < -0.3 is 14.2 Å². The number of hydrogen-bond donors (Lipinski definition) is 0. The zero-order chi connectivity index (χ0) is 15.9. The van der Waals surface area contributed by atoms with E-state index in [0.29, 0.717) is 16.9 Å². The van der Waals surface area contributed by atoms with E-state index in [9.17, 15) is 13.6 Å². The Morgan fingerprint density at radius 2 is 1.91 bits per heavy atom. The highest BCUT2D eigenvalue weighted by Crippen LogP contribution is 2.23. The van der Waals surface area contributed by atoms with Crippen molar-refractivity contribution in [1.82, 2.24) is 0 Å². The molecule has 0 saturated carbocycles. The summed E-state index contributed by atoms with van der Waals surface area (Å²) in [5.41, 5.74) is 0.823. The van der Waals surface area contributed by atoms with Crippen LogP contribution in [0.5, 0.6) is 11.5 Å². The summed E-state index contributed by atoms with van der Waals surface area (Å²) in [4.78, 5) is 11.4. The number of carbonyl (C=O) groups is 1. The van der Waals surface area contributed by atoms with Gasteiger partial charge >= 0.3 is 12.6 Å². The molecule has 0 aromatic heterocycles. The average Bonchev–Trinajstić information content (AvgIpc) is 2.53. The Morgan fingerprint density at radius 1 is 1.14 bits per heavy atom. The Balaban J connectivity index is 2.09. The van der Waals surface area contributed by atoms with Gasteiger partial charge in [0.1, 0.15) is 18.1 Å². The van der Waals surface area contributed by atoms with E-state index in [2.05, 4.69) is 9.47 Å². The number of benzene rings is 2. The first-order valence-corrected chi connectivity index (χ1v) is 6.44. The van der Waals surface area contributed by atoms with Gasteiger partial charge in [0.2, 0.25) is 0 Å². The summed E-state index contributed by atoms with van der Waals surface area (Å²) in [7, 11) is 1.29. The Kier molecular flexibility index (Phi) is 5.30. The van der Waals surface area contributed by atoms with E-state index >= 15 is 0 Å². The van der Waals surface area contributed by atoms with Crippen molar-refractivity contribution in [3.05, 3.63) is 59.7 Å². The number of rotatable bonds is 6. The topological polar surface area (TPSA) is 44.8 Å². The van der Waals surface area contributed by atoms with Crippen LogP contribution in [0.25, 0.3) is 0 Å². The second-order valence-corrected chi connectivity index (χ2v) is 4.29.